The van der Waals surface area contributed by atoms with E-state index >= 15 is 0 Å². The summed E-state index contributed by atoms with van der Waals surface area (Å²) in [4.78, 5) is 16.0. The third-order valence-electron chi connectivity index (χ3n) is 3.36. The molecule has 1 heterocycles. The number of amides is 1. The van der Waals surface area contributed by atoms with Gasteiger partial charge >= 0.3 is 0 Å². The van der Waals surface area contributed by atoms with Crippen LogP contribution in [0.25, 0.3) is 10.8 Å². The number of rotatable bonds is 3. The number of hydrogen-bond acceptors (Lipinski definition) is 3. The number of fused-ring (bicyclic) bond motifs is 1. The monoisotopic (exact) mass is 277 g/mol. The second kappa shape index (κ2) is 5.63. The van der Waals surface area contributed by atoms with Crippen LogP contribution in [0.3, 0.4) is 0 Å². The van der Waals surface area contributed by atoms with Gasteiger partial charge in [-0.3, -0.25) is 4.79 Å². The number of pyridine rings is 1. The van der Waals surface area contributed by atoms with Gasteiger partial charge < -0.3 is 11.1 Å². The molecule has 2 aromatic carbocycles. The molecular formula is C17H15N3O. The van der Waals surface area contributed by atoms with Gasteiger partial charge in [-0.25, -0.2) is 4.98 Å². The highest BCUT2D eigenvalue weighted by molar-refractivity contribution is 5.95. The summed E-state index contributed by atoms with van der Waals surface area (Å²) >= 11 is 0. The Hall–Kier alpha value is -2.88. The first-order chi connectivity index (χ1) is 10.2. The summed E-state index contributed by atoms with van der Waals surface area (Å²) in [7, 11) is 0. The van der Waals surface area contributed by atoms with Gasteiger partial charge in [-0.05, 0) is 28.5 Å². The fraction of sp³-hybridized carbons (Fsp3) is 0.0588. The minimum Gasteiger partial charge on any atom is -0.384 e. The van der Waals surface area contributed by atoms with E-state index in [0.717, 1.165) is 16.3 Å². The Morgan fingerprint density at radius 2 is 1.90 bits per heavy atom. The first-order valence-electron chi connectivity index (χ1n) is 6.70. The highest BCUT2D eigenvalue weighted by atomic mass is 16.1. The van der Waals surface area contributed by atoms with Crippen molar-refractivity contribution in [3.8, 4) is 0 Å². The maximum Gasteiger partial charge on any atom is 0.251 e. The maximum absolute atomic E-state index is 12.1. The lowest BCUT2D eigenvalue weighted by Crippen LogP contribution is -2.23. The third kappa shape index (κ3) is 2.84. The highest BCUT2D eigenvalue weighted by Crippen LogP contribution is 2.18. The molecule has 0 aliphatic carbocycles. The van der Waals surface area contributed by atoms with E-state index in [1.807, 2.05) is 24.3 Å². The van der Waals surface area contributed by atoms with Gasteiger partial charge in [0.25, 0.3) is 5.91 Å². The number of hydrogen-bond donors (Lipinski definition) is 2. The fourth-order valence-electron chi connectivity index (χ4n) is 2.31. The number of anilines is 1. The average molecular weight is 277 g/mol. The number of carbonyl (C=O) groups is 1. The molecule has 0 atom stereocenters. The van der Waals surface area contributed by atoms with Gasteiger partial charge in [0.15, 0.2) is 0 Å². The van der Waals surface area contributed by atoms with Crippen LogP contribution < -0.4 is 11.1 Å². The Kier molecular flexibility index (Phi) is 3.51. The summed E-state index contributed by atoms with van der Waals surface area (Å²) in [6.07, 6.45) is 1.53. The molecule has 104 valence electrons. The molecule has 0 unspecified atom stereocenters. The topological polar surface area (TPSA) is 68.0 Å². The van der Waals surface area contributed by atoms with Crippen LogP contribution >= 0.6 is 0 Å². The van der Waals surface area contributed by atoms with Gasteiger partial charge in [0.1, 0.15) is 5.82 Å². The van der Waals surface area contributed by atoms with Crippen LogP contribution in [0.4, 0.5) is 5.82 Å². The maximum atomic E-state index is 12.1. The summed E-state index contributed by atoms with van der Waals surface area (Å²) in [5.41, 5.74) is 7.19. The lowest BCUT2D eigenvalue weighted by Gasteiger charge is -2.08. The minimum absolute atomic E-state index is 0.156. The second-order valence-corrected chi connectivity index (χ2v) is 4.79. The van der Waals surface area contributed by atoms with Crippen LogP contribution in [0.15, 0.2) is 60.8 Å². The van der Waals surface area contributed by atoms with Crippen molar-refractivity contribution in [3.63, 3.8) is 0 Å². The minimum atomic E-state index is -0.156. The van der Waals surface area contributed by atoms with Gasteiger partial charge in [-0.2, -0.15) is 0 Å². The number of nitrogens with one attached hydrogen (secondary N) is 1. The van der Waals surface area contributed by atoms with Crippen molar-refractivity contribution >= 4 is 22.5 Å². The number of carbonyl (C=O) groups excluding carboxylic acids is 1. The zero-order chi connectivity index (χ0) is 14.7. The van der Waals surface area contributed by atoms with Crippen molar-refractivity contribution in [1.29, 1.82) is 0 Å². The number of aromatic nitrogens is 1. The van der Waals surface area contributed by atoms with Crippen LogP contribution in [0, 0.1) is 0 Å². The number of benzene rings is 2. The fourth-order valence-corrected chi connectivity index (χ4v) is 2.31. The quantitative estimate of drug-likeness (QED) is 0.773. The van der Waals surface area contributed by atoms with Crippen molar-refractivity contribution in [2.24, 2.45) is 0 Å². The van der Waals surface area contributed by atoms with E-state index in [1.54, 1.807) is 12.1 Å². The van der Waals surface area contributed by atoms with Gasteiger partial charge in [0.05, 0.1) is 0 Å². The van der Waals surface area contributed by atoms with Gasteiger partial charge in [0.2, 0.25) is 0 Å². The Morgan fingerprint density at radius 3 is 2.76 bits per heavy atom. The van der Waals surface area contributed by atoms with Crippen molar-refractivity contribution in [3.05, 3.63) is 71.9 Å². The molecule has 4 heteroatoms. The van der Waals surface area contributed by atoms with Crippen molar-refractivity contribution < 1.29 is 4.79 Å². The molecule has 3 N–H and O–H groups in total. The van der Waals surface area contributed by atoms with Crippen LogP contribution in [0.1, 0.15) is 15.9 Å². The molecule has 0 saturated heterocycles. The zero-order valence-corrected chi connectivity index (χ0v) is 11.4. The summed E-state index contributed by atoms with van der Waals surface area (Å²) in [6.45, 7) is 0.475. The molecule has 1 amide bonds. The molecule has 21 heavy (non-hydrogen) atoms. The van der Waals surface area contributed by atoms with Crippen LogP contribution in [0.2, 0.25) is 0 Å². The summed E-state index contributed by atoms with van der Waals surface area (Å²) in [6, 6.07) is 17.4. The predicted octanol–water partition coefficient (Wildman–Crippen LogP) is 2.75. The molecule has 0 aliphatic heterocycles. The molecule has 0 spiro atoms. The Bertz CT molecular complexity index is 793. The summed E-state index contributed by atoms with van der Waals surface area (Å²) in [5.74, 6) is 0.185. The molecule has 0 saturated carbocycles. The molecular weight excluding hydrogens is 262 g/mol. The number of nitrogens with two attached hydrogens (primary N) is 1. The lowest BCUT2D eigenvalue weighted by atomic mass is 10.0. The van der Waals surface area contributed by atoms with E-state index in [2.05, 4.69) is 28.5 Å². The number of nitrogens with zero attached hydrogens (tertiary/aromatic N) is 1. The molecule has 0 fully saturated rings. The summed E-state index contributed by atoms with van der Waals surface area (Å²) < 4.78 is 0. The molecule has 0 radical (unpaired) electrons. The van der Waals surface area contributed by atoms with Gasteiger partial charge in [0, 0.05) is 18.3 Å². The number of nitrogen functional groups attached to an aromatic ring is 1. The SMILES string of the molecule is Nc1cc(C(=O)NCc2cccc3ccccc23)ccn1. The highest BCUT2D eigenvalue weighted by Gasteiger charge is 2.07. The van der Waals surface area contributed by atoms with Crippen LogP contribution in [0.5, 0.6) is 0 Å². The van der Waals surface area contributed by atoms with E-state index < -0.39 is 0 Å². The Balaban J connectivity index is 1.79. The first kappa shape index (κ1) is 13.1. The van der Waals surface area contributed by atoms with Crippen LogP contribution in [-0.2, 0) is 6.54 Å². The second-order valence-electron chi connectivity index (χ2n) is 4.79. The molecule has 0 aliphatic rings. The average Bonchev–Trinajstić information content (AvgIpc) is 2.52. The molecule has 3 aromatic rings. The summed E-state index contributed by atoms with van der Waals surface area (Å²) in [5, 5.41) is 5.22. The predicted molar refractivity (Wildman–Crippen MR) is 83.8 cm³/mol. The molecule has 3 rings (SSSR count). The molecule has 4 nitrogen and oxygen atoms in total. The van der Waals surface area contributed by atoms with E-state index in [1.165, 1.54) is 6.20 Å². The largest absolute Gasteiger partial charge is 0.384 e. The van der Waals surface area contributed by atoms with Gasteiger partial charge in [-0.15, -0.1) is 0 Å². The van der Waals surface area contributed by atoms with E-state index in [-0.39, 0.29) is 5.91 Å². The van der Waals surface area contributed by atoms with Gasteiger partial charge in [-0.1, -0.05) is 42.5 Å². The lowest BCUT2D eigenvalue weighted by molar-refractivity contribution is 0.0951. The van der Waals surface area contributed by atoms with E-state index in [0.29, 0.717) is 17.9 Å². The zero-order valence-electron chi connectivity index (χ0n) is 11.4. The van der Waals surface area contributed by atoms with E-state index in [9.17, 15) is 4.79 Å². The Morgan fingerprint density at radius 1 is 1.10 bits per heavy atom. The standard InChI is InChI=1S/C17H15N3O/c18-16-10-13(8-9-19-16)17(21)20-11-14-6-3-5-12-4-1-2-7-15(12)14/h1-10H,11H2,(H2,18,19)(H,20,21). The first-order valence-corrected chi connectivity index (χ1v) is 6.70. The smallest absolute Gasteiger partial charge is 0.251 e. The van der Waals surface area contributed by atoms with Crippen molar-refractivity contribution in [2.75, 3.05) is 5.73 Å². The molecule has 1 aromatic heterocycles. The Labute approximate surface area is 122 Å². The van der Waals surface area contributed by atoms with Crippen molar-refractivity contribution in [2.45, 2.75) is 6.54 Å². The van der Waals surface area contributed by atoms with E-state index in [4.69, 9.17) is 5.73 Å². The van der Waals surface area contributed by atoms with Crippen molar-refractivity contribution in [1.82, 2.24) is 10.3 Å². The normalized spacial score (nSPS) is 10.5. The molecule has 0 bridgehead atoms. The third-order valence-corrected chi connectivity index (χ3v) is 3.36. The van der Waals surface area contributed by atoms with Crippen LogP contribution in [-0.4, -0.2) is 10.9 Å².